The Morgan fingerprint density at radius 2 is 2.07 bits per heavy atom. The second-order valence-corrected chi connectivity index (χ2v) is 9.35. The second-order valence-electron chi connectivity index (χ2n) is 8.43. The van der Waals surface area contributed by atoms with Gasteiger partial charge in [0.25, 0.3) is 5.91 Å². The van der Waals surface area contributed by atoms with Gasteiger partial charge in [-0.2, -0.15) is 5.26 Å². The fourth-order valence-electron chi connectivity index (χ4n) is 4.63. The van der Waals surface area contributed by atoms with E-state index in [1.807, 2.05) is 0 Å². The Kier molecular flexibility index (Phi) is 5.72. The van der Waals surface area contributed by atoms with Crippen LogP contribution in [0.2, 0.25) is 0 Å². The van der Waals surface area contributed by atoms with Crippen molar-refractivity contribution in [2.24, 2.45) is 17.6 Å². The number of hydrogen-bond donors (Lipinski definition) is 2. The molecule has 0 radical (unpaired) electrons. The lowest BCUT2D eigenvalue weighted by Gasteiger charge is -2.46. The number of carbonyl (C=O) groups excluding carboxylic acids is 2. The van der Waals surface area contributed by atoms with Crippen molar-refractivity contribution < 1.29 is 14.0 Å². The number of nitrogens with two attached hydrogens (primary N) is 1. The summed E-state index contributed by atoms with van der Waals surface area (Å²) in [5.41, 5.74) is 6.59. The number of primary amides is 1. The lowest BCUT2D eigenvalue weighted by Crippen LogP contribution is -2.60. The molecule has 156 valence electrons. The zero-order valence-electron chi connectivity index (χ0n) is 16.6. The lowest BCUT2D eigenvalue weighted by molar-refractivity contribution is -0.129. The highest BCUT2D eigenvalue weighted by atomic mass is 32.1. The number of nitrogens with zero attached hydrogens (tertiary/aromatic N) is 1. The number of halogens is 1. The third kappa shape index (κ3) is 4.03. The molecule has 2 saturated heterocycles. The van der Waals surface area contributed by atoms with Gasteiger partial charge in [0.15, 0.2) is 5.78 Å². The number of amides is 1. The van der Waals surface area contributed by atoms with Crippen LogP contribution in [0.1, 0.15) is 47.3 Å². The molecule has 1 saturated carbocycles. The number of fused-ring (bicyclic) bond motifs is 3. The number of carbonyl (C=O) groups is 2. The van der Waals surface area contributed by atoms with Gasteiger partial charge in [0.2, 0.25) is 0 Å². The van der Waals surface area contributed by atoms with E-state index in [4.69, 9.17) is 5.73 Å². The van der Waals surface area contributed by atoms with Crippen molar-refractivity contribution in [1.82, 2.24) is 5.32 Å². The predicted molar refractivity (Wildman–Crippen MR) is 113 cm³/mol. The molecule has 2 aliphatic heterocycles. The Morgan fingerprint density at radius 1 is 1.30 bits per heavy atom. The van der Waals surface area contributed by atoms with Crippen LogP contribution in [0.15, 0.2) is 29.6 Å². The number of nitrogens with one attached hydrogen (secondary N) is 1. The van der Waals surface area contributed by atoms with Crippen LogP contribution >= 0.6 is 11.3 Å². The van der Waals surface area contributed by atoms with E-state index in [-0.39, 0.29) is 18.6 Å². The summed E-state index contributed by atoms with van der Waals surface area (Å²) in [6.45, 7) is 0.874. The molecule has 3 fully saturated rings. The molecule has 1 aromatic heterocycles. The Morgan fingerprint density at radius 3 is 2.63 bits per heavy atom. The molecule has 1 amide bonds. The van der Waals surface area contributed by atoms with E-state index < -0.39 is 23.2 Å². The van der Waals surface area contributed by atoms with Gasteiger partial charge in [-0.05, 0) is 78.8 Å². The maximum absolute atomic E-state index is 14.7. The van der Waals surface area contributed by atoms with Crippen LogP contribution in [0.25, 0.3) is 11.1 Å². The van der Waals surface area contributed by atoms with E-state index >= 15 is 0 Å². The third-order valence-electron chi connectivity index (χ3n) is 6.53. The monoisotopic (exact) mass is 425 g/mol. The minimum absolute atomic E-state index is 0.0847. The summed E-state index contributed by atoms with van der Waals surface area (Å²) >= 11 is 1.22. The van der Waals surface area contributed by atoms with Crippen molar-refractivity contribution in [2.45, 2.75) is 44.1 Å². The third-order valence-corrected chi connectivity index (χ3v) is 7.48. The van der Waals surface area contributed by atoms with E-state index in [0.29, 0.717) is 21.9 Å². The van der Waals surface area contributed by atoms with Gasteiger partial charge in [-0.3, -0.25) is 9.59 Å². The molecule has 1 aliphatic carbocycles. The Labute approximate surface area is 179 Å². The maximum atomic E-state index is 14.7. The van der Waals surface area contributed by atoms with Crippen LogP contribution in [0.5, 0.6) is 0 Å². The van der Waals surface area contributed by atoms with E-state index in [2.05, 4.69) is 11.4 Å². The molecule has 3 N–H and O–H groups in total. The molecule has 0 spiro atoms. The van der Waals surface area contributed by atoms with Gasteiger partial charge < -0.3 is 11.1 Å². The fourth-order valence-corrected chi connectivity index (χ4v) is 5.39. The number of ketones is 1. The summed E-state index contributed by atoms with van der Waals surface area (Å²) in [7, 11) is 0. The van der Waals surface area contributed by atoms with Gasteiger partial charge in [0.05, 0.1) is 22.4 Å². The summed E-state index contributed by atoms with van der Waals surface area (Å²) in [6, 6.07) is 8.67. The maximum Gasteiger partial charge on any atom is 0.258 e. The number of nitriles is 1. The number of hydrogen-bond acceptors (Lipinski definition) is 5. The van der Waals surface area contributed by atoms with Crippen molar-refractivity contribution >= 4 is 23.0 Å². The first-order valence-electron chi connectivity index (χ1n) is 10.3. The van der Waals surface area contributed by atoms with Crippen LogP contribution in [-0.4, -0.2) is 23.8 Å². The summed E-state index contributed by atoms with van der Waals surface area (Å²) in [5.74, 6) is -0.731. The molecule has 30 heavy (non-hydrogen) atoms. The van der Waals surface area contributed by atoms with Crippen LogP contribution in [0.3, 0.4) is 0 Å². The number of piperidine rings is 2. The van der Waals surface area contributed by atoms with E-state index in [0.717, 1.165) is 37.8 Å². The molecule has 1 atom stereocenters. The molecular formula is C23H24FN3O2S. The van der Waals surface area contributed by atoms with Crippen molar-refractivity contribution in [3.63, 3.8) is 0 Å². The van der Waals surface area contributed by atoms with Crippen molar-refractivity contribution in [2.75, 3.05) is 6.54 Å². The summed E-state index contributed by atoms with van der Waals surface area (Å²) in [6.07, 6.45) is 4.14. The molecule has 7 heteroatoms. The molecule has 5 nitrogen and oxygen atoms in total. The number of rotatable bonds is 7. The Hall–Kier alpha value is -2.56. The normalized spacial score (nSPS) is 23.7. The largest absolute Gasteiger partial charge is 0.365 e. The van der Waals surface area contributed by atoms with Gasteiger partial charge in [-0.25, -0.2) is 4.39 Å². The topological polar surface area (TPSA) is 96.0 Å². The molecule has 3 aliphatic rings. The standard InChI is InChI=1S/C23H24FN3O2S/c24-19-9-16(18-10-20(22(26)29)30-13-18)1-2-17(19)7-15(11-25)8-21(28)23-5-3-14(4-6-23)12-27-23/h1-2,9-10,13-15,27H,3-8,12H2,(H2,26,29)/t14?,15-,23?/m1/s1. The van der Waals surface area contributed by atoms with E-state index in [1.165, 1.54) is 17.4 Å². The van der Waals surface area contributed by atoms with Gasteiger partial charge >= 0.3 is 0 Å². The predicted octanol–water partition coefficient (Wildman–Crippen LogP) is 3.83. The quantitative estimate of drug-likeness (QED) is 0.705. The van der Waals surface area contributed by atoms with Crippen LogP contribution < -0.4 is 11.1 Å². The summed E-state index contributed by atoms with van der Waals surface area (Å²) in [5, 5.41) is 14.8. The van der Waals surface area contributed by atoms with Gasteiger partial charge in [-0.1, -0.05) is 12.1 Å². The molecule has 3 heterocycles. The zero-order valence-corrected chi connectivity index (χ0v) is 17.4. The minimum atomic E-state index is -0.559. The van der Waals surface area contributed by atoms with Crippen LogP contribution in [0.4, 0.5) is 4.39 Å². The van der Waals surface area contributed by atoms with Crippen LogP contribution in [-0.2, 0) is 11.2 Å². The zero-order chi connectivity index (χ0) is 21.3. The first-order valence-corrected chi connectivity index (χ1v) is 11.1. The highest BCUT2D eigenvalue weighted by molar-refractivity contribution is 7.12. The number of thiophene rings is 1. The highest BCUT2D eigenvalue weighted by Crippen LogP contribution is 2.38. The average Bonchev–Trinajstić information content (AvgIpc) is 3.26. The van der Waals surface area contributed by atoms with Crippen LogP contribution in [0, 0.1) is 29.0 Å². The molecule has 5 rings (SSSR count). The molecule has 2 bridgehead atoms. The molecule has 1 aromatic carbocycles. The lowest BCUT2D eigenvalue weighted by atomic mass is 9.68. The number of Topliss-reactive ketones (excluding diaryl/α,β-unsaturated/α-hetero) is 1. The molecular weight excluding hydrogens is 401 g/mol. The highest BCUT2D eigenvalue weighted by Gasteiger charge is 2.45. The first-order chi connectivity index (χ1) is 14.4. The SMILES string of the molecule is N#C[C@@H](CC(=O)C12CCC(CC1)CN2)Cc1ccc(-c2csc(C(N)=O)c2)cc1F. The summed E-state index contributed by atoms with van der Waals surface area (Å²) in [4.78, 5) is 24.7. The van der Waals surface area contributed by atoms with Crippen molar-refractivity contribution in [3.8, 4) is 17.2 Å². The first kappa shape index (κ1) is 20.7. The van der Waals surface area contributed by atoms with Crippen molar-refractivity contribution in [1.29, 1.82) is 5.26 Å². The number of benzene rings is 1. The van der Waals surface area contributed by atoms with Gasteiger partial charge in [0.1, 0.15) is 5.82 Å². The minimum Gasteiger partial charge on any atom is -0.365 e. The molecule has 0 unspecified atom stereocenters. The van der Waals surface area contributed by atoms with E-state index in [9.17, 15) is 19.2 Å². The Balaban J connectivity index is 1.45. The smallest absolute Gasteiger partial charge is 0.258 e. The van der Waals surface area contributed by atoms with Gasteiger partial charge in [0, 0.05) is 6.42 Å². The Bertz CT molecular complexity index is 1000. The van der Waals surface area contributed by atoms with E-state index in [1.54, 1.807) is 23.6 Å². The summed E-state index contributed by atoms with van der Waals surface area (Å²) < 4.78 is 14.7. The van der Waals surface area contributed by atoms with Gasteiger partial charge in [-0.15, -0.1) is 11.3 Å². The molecule has 2 aromatic rings. The fraction of sp³-hybridized carbons (Fsp3) is 0.435. The second kappa shape index (κ2) is 8.29. The van der Waals surface area contributed by atoms with Crippen molar-refractivity contribution in [3.05, 3.63) is 45.9 Å². The average molecular weight is 426 g/mol.